The number of carbonyl (C=O) groups is 4. The van der Waals surface area contributed by atoms with Crippen LogP contribution < -0.4 is 30.6 Å². The summed E-state index contributed by atoms with van der Waals surface area (Å²) in [7, 11) is -2.31. The van der Waals surface area contributed by atoms with Crippen LogP contribution in [-0.4, -0.2) is 75.5 Å². The number of halogens is 1. The summed E-state index contributed by atoms with van der Waals surface area (Å²) in [6.45, 7) is 2.39. The number of fused-ring (bicyclic) bond motifs is 16. The highest BCUT2D eigenvalue weighted by Gasteiger charge is 2.21. The zero-order valence-electron chi connectivity index (χ0n) is 25.4. The van der Waals surface area contributed by atoms with E-state index in [9.17, 15) is 32.0 Å². The van der Waals surface area contributed by atoms with Crippen LogP contribution in [0.4, 0.5) is 4.39 Å². The third kappa shape index (κ3) is 11.3. The fourth-order valence-electron chi connectivity index (χ4n) is 4.63. The van der Waals surface area contributed by atoms with Crippen LogP contribution in [0.3, 0.4) is 0 Å². The summed E-state index contributed by atoms with van der Waals surface area (Å²) in [5.41, 5.74) is 0.693. The summed E-state index contributed by atoms with van der Waals surface area (Å²) in [5.74, 6) is -2.31. The van der Waals surface area contributed by atoms with Gasteiger partial charge in [-0.15, -0.1) is 0 Å². The fraction of sp³-hybridized carbons (Fsp3) is 0.467. The van der Waals surface area contributed by atoms with E-state index >= 15 is 0 Å². The number of primary sulfonamides is 1. The first kappa shape index (κ1) is 35.2. The van der Waals surface area contributed by atoms with Crippen LogP contribution in [-0.2, 0) is 31.0 Å². The molecule has 2 heterocycles. The lowest BCUT2D eigenvalue weighted by Gasteiger charge is -2.23. The SMILES string of the molecule is CC[C@@H]1NC(=O)CCCN(C(=O)CCCS(N)(=O)=O)CCCNC(=O)c2ccc(OC)c(c2)Oc2ccc(cc2F)CNC1=O. The van der Waals surface area contributed by atoms with Crippen molar-refractivity contribution < 1.29 is 41.5 Å². The maximum absolute atomic E-state index is 15.0. The second-order valence-corrected chi connectivity index (χ2v) is 12.3. The van der Waals surface area contributed by atoms with Crippen molar-refractivity contribution in [3.05, 3.63) is 53.3 Å². The van der Waals surface area contributed by atoms with Gasteiger partial charge in [-0.2, -0.15) is 0 Å². The summed E-state index contributed by atoms with van der Waals surface area (Å²) in [4.78, 5) is 52.7. The van der Waals surface area contributed by atoms with Crippen LogP contribution in [0.2, 0.25) is 0 Å². The smallest absolute Gasteiger partial charge is 0.251 e. The van der Waals surface area contributed by atoms with Gasteiger partial charge in [0.2, 0.25) is 27.7 Å². The van der Waals surface area contributed by atoms with Gasteiger partial charge in [0.25, 0.3) is 5.91 Å². The van der Waals surface area contributed by atoms with Crippen molar-refractivity contribution in [2.45, 2.75) is 58.0 Å². The molecule has 1 atom stereocenters. The van der Waals surface area contributed by atoms with Gasteiger partial charge in [0.1, 0.15) is 6.04 Å². The van der Waals surface area contributed by atoms with E-state index in [1.54, 1.807) is 13.0 Å². The third-order valence-electron chi connectivity index (χ3n) is 7.06. The topological polar surface area (TPSA) is 186 Å². The molecule has 0 saturated heterocycles. The third-order valence-corrected chi connectivity index (χ3v) is 7.92. The number of methoxy groups -OCH3 is 1. The van der Waals surface area contributed by atoms with Gasteiger partial charge in [-0.1, -0.05) is 13.0 Å². The number of sulfonamides is 1. The Kier molecular flexibility index (Phi) is 13.1. The molecule has 0 fully saturated rings. The number of hydrogen-bond donors (Lipinski definition) is 4. The number of nitrogens with one attached hydrogen (secondary N) is 3. The van der Waals surface area contributed by atoms with Crippen LogP contribution in [0, 0.1) is 5.82 Å². The van der Waals surface area contributed by atoms with Crippen molar-refractivity contribution in [1.82, 2.24) is 20.9 Å². The van der Waals surface area contributed by atoms with E-state index in [4.69, 9.17) is 14.6 Å². The average Bonchev–Trinajstić information content (AvgIpc) is 2.99. The van der Waals surface area contributed by atoms with E-state index in [0.29, 0.717) is 18.4 Å². The zero-order chi connectivity index (χ0) is 33.0. The van der Waals surface area contributed by atoms with E-state index in [-0.39, 0.29) is 92.2 Å². The number of ether oxygens (including phenoxy) is 2. The lowest BCUT2D eigenvalue weighted by Crippen LogP contribution is -2.46. The molecule has 13 nitrogen and oxygen atoms in total. The van der Waals surface area contributed by atoms with Crippen molar-refractivity contribution in [1.29, 1.82) is 0 Å². The highest BCUT2D eigenvalue weighted by atomic mass is 32.2. The van der Waals surface area contributed by atoms with E-state index < -0.39 is 33.7 Å². The Hall–Kier alpha value is -4.24. The summed E-state index contributed by atoms with van der Waals surface area (Å²) in [5, 5.41) is 13.2. The number of rotatable bonds is 6. The molecule has 4 bridgehead atoms. The van der Waals surface area contributed by atoms with Crippen molar-refractivity contribution in [3.8, 4) is 17.2 Å². The molecule has 0 radical (unpaired) electrons. The Balaban J connectivity index is 1.81. The largest absolute Gasteiger partial charge is 0.493 e. The quantitative estimate of drug-likeness (QED) is 0.366. The molecule has 0 saturated carbocycles. The molecule has 15 heteroatoms. The second-order valence-electron chi connectivity index (χ2n) is 10.5. The van der Waals surface area contributed by atoms with Gasteiger partial charge >= 0.3 is 0 Å². The van der Waals surface area contributed by atoms with Crippen LogP contribution in [0.25, 0.3) is 0 Å². The standard InChI is InChI=1S/C30H40FN5O8S/c1-3-23-30(40)34-19-20-9-11-24(22(31)17-20)44-26-18-21(10-12-25(26)43-2)29(39)33-13-6-15-36(14-4-7-27(37)35-23)28(38)8-5-16-45(32,41)42/h9-12,17-18,23H,3-8,13-16,19H2,1-2H3,(H,33,39)(H,34,40)(H,35,37)(H2,32,41,42)/t23-/m0/s1. The first-order valence-electron chi connectivity index (χ1n) is 14.7. The molecule has 0 aromatic heterocycles. The maximum Gasteiger partial charge on any atom is 0.251 e. The molecule has 0 spiro atoms. The summed E-state index contributed by atoms with van der Waals surface area (Å²) in [6.07, 6.45) is 1.01. The summed E-state index contributed by atoms with van der Waals surface area (Å²) >= 11 is 0. The molecule has 2 aromatic carbocycles. The predicted octanol–water partition coefficient (Wildman–Crippen LogP) is 1.95. The molecule has 246 valence electrons. The van der Waals surface area contributed by atoms with Gasteiger partial charge in [-0.25, -0.2) is 17.9 Å². The monoisotopic (exact) mass is 649 g/mol. The zero-order valence-corrected chi connectivity index (χ0v) is 26.2. The fourth-order valence-corrected chi connectivity index (χ4v) is 5.18. The summed E-state index contributed by atoms with van der Waals surface area (Å²) in [6, 6.07) is 7.86. The molecule has 0 aliphatic carbocycles. The highest BCUT2D eigenvalue weighted by Crippen LogP contribution is 2.34. The lowest BCUT2D eigenvalue weighted by molar-refractivity contribution is -0.132. The molecule has 2 aliphatic heterocycles. The van der Waals surface area contributed by atoms with Crippen LogP contribution in [0.5, 0.6) is 17.2 Å². The molecular formula is C30H40FN5O8S. The number of amides is 4. The van der Waals surface area contributed by atoms with Crippen molar-refractivity contribution in [2.75, 3.05) is 32.5 Å². The van der Waals surface area contributed by atoms with Gasteiger partial charge in [0.05, 0.1) is 12.9 Å². The number of benzene rings is 2. The minimum absolute atomic E-state index is 0.00388. The minimum atomic E-state index is -3.72. The lowest BCUT2D eigenvalue weighted by atomic mass is 10.1. The van der Waals surface area contributed by atoms with Gasteiger partial charge in [0, 0.05) is 44.6 Å². The van der Waals surface area contributed by atoms with Gasteiger partial charge in [-0.3, -0.25) is 19.2 Å². The minimum Gasteiger partial charge on any atom is -0.493 e. The van der Waals surface area contributed by atoms with Crippen molar-refractivity contribution >= 4 is 33.7 Å². The van der Waals surface area contributed by atoms with Crippen molar-refractivity contribution in [3.63, 3.8) is 0 Å². The Morgan fingerprint density at radius 3 is 2.53 bits per heavy atom. The molecule has 2 aromatic rings. The van der Waals surface area contributed by atoms with Crippen LogP contribution in [0.15, 0.2) is 36.4 Å². The first-order valence-corrected chi connectivity index (χ1v) is 16.4. The Bertz CT molecular complexity index is 1490. The van der Waals surface area contributed by atoms with E-state index in [0.717, 1.165) is 0 Å². The highest BCUT2D eigenvalue weighted by molar-refractivity contribution is 7.89. The van der Waals surface area contributed by atoms with Gasteiger partial charge in [-0.05, 0) is 61.6 Å². The Labute approximate surface area is 262 Å². The van der Waals surface area contributed by atoms with E-state index in [1.165, 1.54) is 42.3 Å². The normalized spacial score (nSPS) is 17.5. The molecule has 0 unspecified atom stereocenters. The number of carbonyl (C=O) groups excluding carboxylic acids is 4. The second kappa shape index (κ2) is 16.7. The van der Waals surface area contributed by atoms with E-state index in [2.05, 4.69) is 16.0 Å². The molecule has 4 amide bonds. The van der Waals surface area contributed by atoms with Crippen LogP contribution in [0.1, 0.15) is 61.4 Å². The number of nitrogens with zero attached hydrogens (tertiary/aromatic N) is 1. The molecule has 2 aliphatic rings. The van der Waals surface area contributed by atoms with Gasteiger partial charge < -0.3 is 30.3 Å². The number of nitrogens with two attached hydrogens (primary N) is 1. The Morgan fingerprint density at radius 1 is 1.09 bits per heavy atom. The summed E-state index contributed by atoms with van der Waals surface area (Å²) < 4.78 is 48.6. The molecule has 5 N–H and O–H groups in total. The van der Waals surface area contributed by atoms with Gasteiger partial charge in [0.15, 0.2) is 23.1 Å². The number of hydrogen-bond acceptors (Lipinski definition) is 8. The van der Waals surface area contributed by atoms with Crippen LogP contribution >= 0.6 is 0 Å². The predicted molar refractivity (Wildman–Crippen MR) is 164 cm³/mol. The Morgan fingerprint density at radius 2 is 1.84 bits per heavy atom. The first-order chi connectivity index (χ1) is 21.4. The maximum atomic E-state index is 15.0. The molecule has 45 heavy (non-hydrogen) atoms. The molecular weight excluding hydrogens is 609 g/mol. The van der Waals surface area contributed by atoms with Crippen molar-refractivity contribution in [2.24, 2.45) is 5.14 Å². The van der Waals surface area contributed by atoms with E-state index in [1.807, 2.05) is 0 Å². The average molecular weight is 650 g/mol. The molecule has 4 rings (SSSR count).